The summed E-state index contributed by atoms with van der Waals surface area (Å²) in [5.74, 6) is -1.18. The highest BCUT2D eigenvalue weighted by atomic mass is 35.5. The Morgan fingerprint density at radius 3 is 2.50 bits per heavy atom. The van der Waals surface area contributed by atoms with Gasteiger partial charge >= 0.3 is 0 Å². The zero-order chi connectivity index (χ0) is 14.5. The molecule has 1 aromatic carbocycles. The van der Waals surface area contributed by atoms with Crippen LogP contribution in [0.25, 0.3) is 0 Å². The molecule has 102 valence electrons. The van der Waals surface area contributed by atoms with Crippen molar-refractivity contribution in [1.29, 1.82) is 0 Å². The molecule has 2 rings (SSSR count). The van der Waals surface area contributed by atoms with Gasteiger partial charge in [0.15, 0.2) is 5.69 Å². The number of hydrazine groups is 1. The predicted octanol–water partition coefficient (Wildman–Crippen LogP) is 0.498. The number of amides is 2. The van der Waals surface area contributed by atoms with Crippen LogP contribution < -0.4 is 16.4 Å². The van der Waals surface area contributed by atoms with Crippen molar-refractivity contribution in [3.05, 3.63) is 63.0 Å². The Morgan fingerprint density at radius 2 is 1.85 bits per heavy atom. The molecule has 0 atom stereocenters. The van der Waals surface area contributed by atoms with Crippen molar-refractivity contribution in [2.24, 2.45) is 0 Å². The third-order valence-electron chi connectivity index (χ3n) is 2.29. The molecule has 0 aliphatic carbocycles. The summed E-state index contributed by atoms with van der Waals surface area (Å²) in [7, 11) is 0. The second kappa shape index (κ2) is 5.98. The van der Waals surface area contributed by atoms with Crippen LogP contribution in [0.15, 0.2) is 41.2 Å². The van der Waals surface area contributed by atoms with Crippen LogP contribution >= 0.6 is 11.6 Å². The van der Waals surface area contributed by atoms with Crippen molar-refractivity contribution in [3.63, 3.8) is 0 Å². The standard InChI is InChI=1S/C12H9ClN4O3/c13-8-3-1-2-7(6-8)11(19)16-17-12(20)9-4-5-10(18)15-14-9/h1-6H,(H,15,18)(H,16,19)(H,17,20). The van der Waals surface area contributed by atoms with E-state index < -0.39 is 17.4 Å². The van der Waals surface area contributed by atoms with Gasteiger partial charge in [0.25, 0.3) is 17.4 Å². The Kier molecular flexibility index (Phi) is 4.11. The lowest BCUT2D eigenvalue weighted by atomic mass is 10.2. The molecule has 20 heavy (non-hydrogen) atoms. The number of halogens is 1. The lowest BCUT2D eigenvalue weighted by Gasteiger charge is -2.06. The first-order chi connectivity index (χ1) is 9.56. The lowest BCUT2D eigenvalue weighted by Crippen LogP contribution is -2.42. The molecular formula is C12H9ClN4O3. The van der Waals surface area contributed by atoms with E-state index >= 15 is 0 Å². The fourth-order valence-corrected chi connectivity index (χ4v) is 1.54. The van der Waals surface area contributed by atoms with E-state index in [1.165, 1.54) is 12.1 Å². The monoisotopic (exact) mass is 292 g/mol. The number of aromatic nitrogens is 2. The molecule has 0 unspecified atom stereocenters. The maximum Gasteiger partial charge on any atom is 0.290 e. The van der Waals surface area contributed by atoms with Crippen LogP contribution in [0.2, 0.25) is 5.02 Å². The second-order valence-electron chi connectivity index (χ2n) is 3.73. The lowest BCUT2D eigenvalue weighted by molar-refractivity contribution is 0.0843. The maximum absolute atomic E-state index is 11.7. The van der Waals surface area contributed by atoms with Gasteiger partial charge in [0.2, 0.25) is 0 Å². The van der Waals surface area contributed by atoms with E-state index in [1.54, 1.807) is 18.2 Å². The van der Waals surface area contributed by atoms with Gasteiger partial charge in [0.1, 0.15) is 0 Å². The number of hydrogen-bond donors (Lipinski definition) is 3. The number of nitrogens with one attached hydrogen (secondary N) is 3. The normalized spacial score (nSPS) is 9.85. The van der Waals surface area contributed by atoms with Crippen molar-refractivity contribution < 1.29 is 9.59 Å². The topological polar surface area (TPSA) is 104 Å². The molecule has 2 amide bonds. The van der Waals surface area contributed by atoms with Crippen molar-refractivity contribution in [3.8, 4) is 0 Å². The highest BCUT2D eigenvalue weighted by molar-refractivity contribution is 6.30. The number of hydrogen-bond acceptors (Lipinski definition) is 4. The zero-order valence-corrected chi connectivity index (χ0v) is 10.8. The van der Waals surface area contributed by atoms with Crippen LogP contribution in [0.3, 0.4) is 0 Å². The maximum atomic E-state index is 11.7. The molecule has 3 N–H and O–H groups in total. The van der Waals surface area contributed by atoms with E-state index in [1.807, 2.05) is 0 Å². The molecule has 0 spiro atoms. The summed E-state index contributed by atoms with van der Waals surface area (Å²) in [6.07, 6.45) is 0. The molecule has 0 aliphatic heterocycles. The third-order valence-corrected chi connectivity index (χ3v) is 2.52. The number of H-pyrrole nitrogens is 1. The molecule has 0 saturated carbocycles. The molecule has 0 saturated heterocycles. The Bertz CT molecular complexity index is 693. The fraction of sp³-hybridized carbons (Fsp3) is 0. The molecule has 7 nitrogen and oxygen atoms in total. The Balaban J connectivity index is 1.98. The van der Waals surface area contributed by atoms with E-state index in [9.17, 15) is 14.4 Å². The number of nitrogens with zero attached hydrogens (tertiary/aromatic N) is 1. The first-order valence-electron chi connectivity index (χ1n) is 5.48. The molecular weight excluding hydrogens is 284 g/mol. The summed E-state index contributed by atoms with van der Waals surface area (Å²) in [5.41, 5.74) is 4.22. The van der Waals surface area contributed by atoms with Gasteiger partial charge in [-0.1, -0.05) is 17.7 Å². The average molecular weight is 293 g/mol. The molecule has 0 radical (unpaired) electrons. The van der Waals surface area contributed by atoms with Gasteiger partial charge in [-0.15, -0.1) is 0 Å². The molecule has 0 aliphatic rings. The van der Waals surface area contributed by atoms with E-state index in [-0.39, 0.29) is 5.69 Å². The highest BCUT2D eigenvalue weighted by Crippen LogP contribution is 2.10. The number of aromatic amines is 1. The summed E-state index contributed by atoms with van der Waals surface area (Å²) >= 11 is 5.75. The quantitative estimate of drug-likeness (QED) is 0.701. The van der Waals surface area contributed by atoms with Gasteiger partial charge in [-0.3, -0.25) is 25.2 Å². The van der Waals surface area contributed by atoms with Gasteiger partial charge in [0, 0.05) is 16.7 Å². The number of rotatable bonds is 2. The number of benzene rings is 1. The number of carbonyl (C=O) groups is 2. The Labute approximate surface area is 117 Å². The van der Waals surface area contributed by atoms with Crippen LogP contribution in [0.1, 0.15) is 20.8 Å². The fourth-order valence-electron chi connectivity index (χ4n) is 1.35. The summed E-state index contributed by atoms with van der Waals surface area (Å²) in [6.45, 7) is 0. The van der Waals surface area contributed by atoms with Crippen molar-refractivity contribution >= 4 is 23.4 Å². The molecule has 1 heterocycles. The second-order valence-corrected chi connectivity index (χ2v) is 4.16. The van der Waals surface area contributed by atoms with E-state index in [0.717, 1.165) is 6.07 Å². The third kappa shape index (κ3) is 3.42. The van der Waals surface area contributed by atoms with E-state index in [4.69, 9.17) is 11.6 Å². The largest absolute Gasteiger partial charge is 0.290 e. The van der Waals surface area contributed by atoms with Gasteiger partial charge in [-0.25, -0.2) is 5.10 Å². The predicted molar refractivity (Wildman–Crippen MR) is 71.2 cm³/mol. The Hall–Kier alpha value is -2.67. The van der Waals surface area contributed by atoms with Crippen LogP contribution in [0.4, 0.5) is 0 Å². The van der Waals surface area contributed by atoms with Crippen molar-refractivity contribution in [1.82, 2.24) is 21.0 Å². The minimum atomic E-state index is -0.656. The minimum absolute atomic E-state index is 0.0315. The first-order valence-corrected chi connectivity index (χ1v) is 5.86. The summed E-state index contributed by atoms with van der Waals surface area (Å²) in [5, 5.41) is 6.04. The smallest absolute Gasteiger partial charge is 0.268 e. The first kappa shape index (κ1) is 13.8. The zero-order valence-electron chi connectivity index (χ0n) is 10.0. The van der Waals surface area contributed by atoms with Crippen LogP contribution in [0, 0.1) is 0 Å². The van der Waals surface area contributed by atoms with Gasteiger partial charge in [-0.05, 0) is 24.3 Å². The average Bonchev–Trinajstić information content (AvgIpc) is 2.45. The summed E-state index contributed by atoms with van der Waals surface area (Å²) < 4.78 is 0. The molecule has 2 aromatic rings. The van der Waals surface area contributed by atoms with Gasteiger partial charge < -0.3 is 0 Å². The summed E-state index contributed by atoms with van der Waals surface area (Å²) in [6, 6.07) is 8.64. The van der Waals surface area contributed by atoms with Gasteiger partial charge in [-0.2, -0.15) is 5.10 Å². The molecule has 0 bridgehead atoms. The van der Waals surface area contributed by atoms with Crippen molar-refractivity contribution in [2.45, 2.75) is 0 Å². The Morgan fingerprint density at radius 1 is 1.10 bits per heavy atom. The van der Waals surface area contributed by atoms with Gasteiger partial charge in [0.05, 0.1) is 0 Å². The van der Waals surface area contributed by atoms with Crippen LogP contribution in [-0.4, -0.2) is 22.0 Å². The van der Waals surface area contributed by atoms with Crippen LogP contribution in [-0.2, 0) is 0 Å². The molecule has 1 aromatic heterocycles. The highest BCUT2D eigenvalue weighted by Gasteiger charge is 2.10. The van der Waals surface area contributed by atoms with E-state index in [2.05, 4.69) is 21.0 Å². The van der Waals surface area contributed by atoms with Crippen LogP contribution in [0.5, 0.6) is 0 Å². The van der Waals surface area contributed by atoms with E-state index in [0.29, 0.717) is 10.6 Å². The molecule has 0 fully saturated rings. The molecule has 8 heteroatoms. The van der Waals surface area contributed by atoms with Crippen molar-refractivity contribution in [2.75, 3.05) is 0 Å². The SMILES string of the molecule is O=C(NNC(=O)c1ccc(=O)[nH]n1)c1cccc(Cl)c1. The minimum Gasteiger partial charge on any atom is -0.268 e. The number of carbonyl (C=O) groups excluding carboxylic acids is 2. The summed E-state index contributed by atoms with van der Waals surface area (Å²) in [4.78, 5) is 34.1.